The Labute approximate surface area is 79.3 Å². The summed E-state index contributed by atoms with van der Waals surface area (Å²) in [6.45, 7) is 7.46. The first-order chi connectivity index (χ1) is 5.97. The van der Waals surface area contributed by atoms with Gasteiger partial charge in [-0.15, -0.1) is 0 Å². The van der Waals surface area contributed by atoms with E-state index < -0.39 is 0 Å². The molecule has 0 spiro atoms. The summed E-state index contributed by atoms with van der Waals surface area (Å²) >= 11 is 0. The number of hydrogen-bond donors (Lipinski definition) is 3. The van der Waals surface area contributed by atoms with E-state index in [4.69, 9.17) is 5.73 Å². The molecule has 1 aliphatic rings. The van der Waals surface area contributed by atoms with Crippen molar-refractivity contribution in [2.24, 2.45) is 11.1 Å². The Morgan fingerprint density at radius 1 is 1.77 bits per heavy atom. The SMILES string of the molecule is C[C@@H](CN)NC(=O)C1NCC1(C)C. The molecule has 0 bridgehead atoms. The van der Waals surface area contributed by atoms with Gasteiger partial charge in [-0.3, -0.25) is 4.79 Å². The summed E-state index contributed by atoms with van der Waals surface area (Å²) in [5.74, 6) is 0.0641. The van der Waals surface area contributed by atoms with E-state index in [0.29, 0.717) is 6.54 Å². The van der Waals surface area contributed by atoms with E-state index in [-0.39, 0.29) is 23.4 Å². The predicted octanol–water partition coefficient (Wildman–Crippen LogP) is -0.552. The van der Waals surface area contributed by atoms with Gasteiger partial charge in [0, 0.05) is 24.5 Å². The van der Waals surface area contributed by atoms with Crippen LogP contribution in [0.2, 0.25) is 0 Å². The molecule has 4 heteroatoms. The van der Waals surface area contributed by atoms with Gasteiger partial charge in [0.2, 0.25) is 5.91 Å². The molecule has 76 valence electrons. The van der Waals surface area contributed by atoms with Crippen LogP contribution < -0.4 is 16.4 Å². The number of amides is 1. The Kier molecular flexibility index (Phi) is 2.93. The van der Waals surface area contributed by atoms with Gasteiger partial charge in [-0.2, -0.15) is 0 Å². The minimum Gasteiger partial charge on any atom is -0.351 e. The molecule has 13 heavy (non-hydrogen) atoms. The van der Waals surface area contributed by atoms with Crippen LogP contribution in [0.4, 0.5) is 0 Å². The maximum atomic E-state index is 11.6. The maximum absolute atomic E-state index is 11.6. The lowest BCUT2D eigenvalue weighted by molar-refractivity contribution is -0.129. The summed E-state index contributed by atoms with van der Waals surface area (Å²) in [5.41, 5.74) is 5.49. The number of hydrogen-bond acceptors (Lipinski definition) is 3. The number of nitrogens with one attached hydrogen (secondary N) is 2. The lowest BCUT2D eigenvalue weighted by Gasteiger charge is -2.44. The fourth-order valence-corrected chi connectivity index (χ4v) is 1.45. The van der Waals surface area contributed by atoms with Gasteiger partial charge in [-0.05, 0) is 6.92 Å². The highest BCUT2D eigenvalue weighted by Gasteiger charge is 2.43. The lowest BCUT2D eigenvalue weighted by Crippen LogP contribution is -2.66. The van der Waals surface area contributed by atoms with Crippen LogP contribution in [0, 0.1) is 5.41 Å². The number of carbonyl (C=O) groups excluding carboxylic acids is 1. The van der Waals surface area contributed by atoms with Gasteiger partial charge in [0.1, 0.15) is 0 Å². The van der Waals surface area contributed by atoms with Crippen molar-refractivity contribution in [2.45, 2.75) is 32.9 Å². The maximum Gasteiger partial charge on any atom is 0.237 e. The molecule has 1 aliphatic heterocycles. The van der Waals surface area contributed by atoms with Crippen molar-refractivity contribution in [2.75, 3.05) is 13.1 Å². The smallest absolute Gasteiger partial charge is 0.237 e. The van der Waals surface area contributed by atoms with Crippen molar-refractivity contribution in [1.29, 1.82) is 0 Å². The molecule has 0 saturated carbocycles. The minimum atomic E-state index is -0.0542. The third kappa shape index (κ3) is 2.19. The van der Waals surface area contributed by atoms with Crippen molar-refractivity contribution in [3.8, 4) is 0 Å². The average molecular weight is 185 g/mol. The molecule has 1 amide bonds. The summed E-state index contributed by atoms with van der Waals surface area (Å²) < 4.78 is 0. The monoisotopic (exact) mass is 185 g/mol. The second-order valence-corrected chi connectivity index (χ2v) is 4.45. The van der Waals surface area contributed by atoms with Crippen molar-refractivity contribution in [3.05, 3.63) is 0 Å². The molecule has 2 atom stereocenters. The molecule has 0 aromatic heterocycles. The highest BCUT2D eigenvalue weighted by Crippen LogP contribution is 2.27. The molecule has 0 aromatic rings. The Morgan fingerprint density at radius 3 is 2.69 bits per heavy atom. The second kappa shape index (κ2) is 3.64. The van der Waals surface area contributed by atoms with Crippen LogP contribution >= 0.6 is 0 Å². The molecule has 1 heterocycles. The molecule has 4 nitrogen and oxygen atoms in total. The molecule has 0 radical (unpaired) electrons. The van der Waals surface area contributed by atoms with Gasteiger partial charge in [-0.1, -0.05) is 13.8 Å². The quantitative estimate of drug-likeness (QED) is 0.552. The van der Waals surface area contributed by atoms with Gasteiger partial charge in [0.25, 0.3) is 0 Å². The van der Waals surface area contributed by atoms with Crippen molar-refractivity contribution < 1.29 is 4.79 Å². The molecular formula is C9H19N3O. The fraction of sp³-hybridized carbons (Fsp3) is 0.889. The molecule has 1 fully saturated rings. The first-order valence-electron chi connectivity index (χ1n) is 4.71. The molecule has 0 aliphatic carbocycles. The summed E-state index contributed by atoms with van der Waals surface area (Å²) in [4.78, 5) is 11.6. The Morgan fingerprint density at radius 2 is 2.38 bits per heavy atom. The zero-order chi connectivity index (χ0) is 10.1. The first-order valence-corrected chi connectivity index (χ1v) is 4.71. The summed E-state index contributed by atoms with van der Waals surface area (Å²) in [5, 5.41) is 5.97. The molecule has 0 aromatic carbocycles. The van der Waals surface area contributed by atoms with E-state index in [1.807, 2.05) is 6.92 Å². The topological polar surface area (TPSA) is 67.1 Å². The van der Waals surface area contributed by atoms with Crippen LogP contribution in [-0.2, 0) is 4.79 Å². The highest BCUT2D eigenvalue weighted by molar-refractivity contribution is 5.84. The Balaban J connectivity index is 2.41. The number of nitrogens with two attached hydrogens (primary N) is 1. The summed E-state index contributed by atoms with van der Waals surface area (Å²) in [6, 6.07) is 0.00667. The lowest BCUT2D eigenvalue weighted by atomic mass is 9.77. The highest BCUT2D eigenvalue weighted by atomic mass is 16.2. The van der Waals surface area contributed by atoms with Crippen LogP contribution in [0.1, 0.15) is 20.8 Å². The average Bonchev–Trinajstić information content (AvgIpc) is 2.02. The van der Waals surface area contributed by atoms with Crippen LogP contribution in [0.15, 0.2) is 0 Å². The van der Waals surface area contributed by atoms with Crippen molar-refractivity contribution >= 4 is 5.91 Å². The largest absolute Gasteiger partial charge is 0.351 e. The zero-order valence-electron chi connectivity index (χ0n) is 8.55. The van der Waals surface area contributed by atoms with Gasteiger partial charge < -0.3 is 16.4 Å². The number of carbonyl (C=O) groups is 1. The zero-order valence-corrected chi connectivity index (χ0v) is 8.55. The standard InChI is InChI=1S/C9H19N3O/c1-6(4-10)12-8(13)7-9(2,3)5-11-7/h6-7,11H,4-5,10H2,1-3H3,(H,12,13)/t6-,7?/m0/s1. The molecule has 1 saturated heterocycles. The van der Waals surface area contributed by atoms with Gasteiger partial charge in [0.15, 0.2) is 0 Å². The molecular weight excluding hydrogens is 166 g/mol. The first kappa shape index (κ1) is 10.5. The molecule has 1 unspecified atom stereocenters. The Bertz CT molecular complexity index is 203. The summed E-state index contributed by atoms with van der Waals surface area (Å²) in [7, 11) is 0. The van der Waals surface area contributed by atoms with Crippen molar-refractivity contribution in [3.63, 3.8) is 0 Å². The summed E-state index contributed by atoms with van der Waals surface area (Å²) in [6.07, 6.45) is 0. The van der Waals surface area contributed by atoms with Crippen LogP contribution in [0.5, 0.6) is 0 Å². The predicted molar refractivity (Wildman–Crippen MR) is 52.2 cm³/mol. The van der Waals surface area contributed by atoms with Gasteiger partial charge >= 0.3 is 0 Å². The van der Waals surface area contributed by atoms with E-state index in [1.165, 1.54) is 0 Å². The van der Waals surface area contributed by atoms with E-state index in [9.17, 15) is 4.79 Å². The van der Waals surface area contributed by atoms with Crippen LogP contribution in [-0.4, -0.2) is 31.1 Å². The van der Waals surface area contributed by atoms with E-state index in [2.05, 4.69) is 24.5 Å². The fourth-order valence-electron chi connectivity index (χ4n) is 1.45. The second-order valence-electron chi connectivity index (χ2n) is 4.45. The Hall–Kier alpha value is -0.610. The van der Waals surface area contributed by atoms with Gasteiger partial charge in [0.05, 0.1) is 6.04 Å². The van der Waals surface area contributed by atoms with E-state index in [0.717, 1.165) is 6.54 Å². The minimum absolute atomic E-state index is 0.0542. The van der Waals surface area contributed by atoms with E-state index >= 15 is 0 Å². The molecule has 1 rings (SSSR count). The van der Waals surface area contributed by atoms with Crippen molar-refractivity contribution in [1.82, 2.24) is 10.6 Å². The van der Waals surface area contributed by atoms with E-state index in [1.54, 1.807) is 0 Å². The van der Waals surface area contributed by atoms with Crippen LogP contribution in [0.25, 0.3) is 0 Å². The third-order valence-corrected chi connectivity index (χ3v) is 2.55. The third-order valence-electron chi connectivity index (χ3n) is 2.55. The molecule has 4 N–H and O–H groups in total. The number of rotatable bonds is 3. The van der Waals surface area contributed by atoms with Crippen LogP contribution in [0.3, 0.4) is 0 Å². The van der Waals surface area contributed by atoms with Gasteiger partial charge in [-0.25, -0.2) is 0 Å². The normalized spacial score (nSPS) is 27.5.